The molecule has 0 aliphatic carbocycles. The van der Waals surface area contributed by atoms with Gasteiger partial charge in [-0.15, -0.1) is 6.58 Å². The van der Waals surface area contributed by atoms with Gasteiger partial charge in [-0.25, -0.2) is 0 Å². The van der Waals surface area contributed by atoms with Gasteiger partial charge in [-0.05, 0) is 47.4 Å². The first-order valence-electron chi connectivity index (χ1n) is 9.98. The highest BCUT2D eigenvalue weighted by Gasteiger charge is 2.13. The first kappa shape index (κ1) is 20.3. The molecule has 0 atom stereocenters. The average Bonchev–Trinajstić information content (AvgIpc) is 3.26. The van der Waals surface area contributed by atoms with E-state index in [4.69, 9.17) is 30.1 Å². The second kappa shape index (κ2) is 9.26. The Hall–Kier alpha value is -3.93. The van der Waals surface area contributed by atoms with Gasteiger partial charge in [-0.3, -0.25) is 5.41 Å². The second-order valence-electron chi connectivity index (χ2n) is 7.02. The molecule has 0 spiro atoms. The Bertz CT molecular complexity index is 1090. The van der Waals surface area contributed by atoms with Crippen molar-refractivity contribution < 1.29 is 18.9 Å². The molecule has 3 N–H and O–H groups in total. The third-order valence-corrected chi connectivity index (χ3v) is 4.91. The quantitative estimate of drug-likeness (QED) is 0.231. The van der Waals surface area contributed by atoms with E-state index in [2.05, 4.69) is 12.6 Å². The molecule has 0 radical (unpaired) electrons. The van der Waals surface area contributed by atoms with E-state index in [1.54, 1.807) is 0 Å². The van der Waals surface area contributed by atoms with Gasteiger partial charge in [0.2, 0.25) is 6.79 Å². The number of nitrogens with two attached hydrogens (primary N) is 1. The number of nitrogen functional groups attached to an aromatic ring is 1. The molecule has 158 valence electrons. The lowest BCUT2D eigenvalue weighted by molar-refractivity contribution is 0.173. The molecule has 0 unspecified atom stereocenters. The van der Waals surface area contributed by atoms with Crippen LogP contribution in [0.5, 0.6) is 23.0 Å². The van der Waals surface area contributed by atoms with Crippen molar-refractivity contribution in [3.63, 3.8) is 0 Å². The molecule has 4 rings (SSSR count). The zero-order valence-corrected chi connectivity index (χ0v) is 17.1. The van der Waals surface area contributed by atoms with Gasteiger partial charge in [0.15, 0.2) is 11.5 Å². The summed E-state index contributed by atoms with van der Waals surface area (Å²) >= 11 is 0. The highest BCUT2D eigenvalue weighted by atomic mass is 16.7. The van der Waals surface area contributed by atoms with E-state index in [-0.39, 0.29) is 12.6 Å². The molecule has 1 aliphatic heterocycles. The first-order valence-corrected chi connectivity index (χ1v) is 9.98. The van der Waals surface area contributed by atoms with Crippen LogP contribution in [0.15, 0.2) is 73.3 Å². The number of allylic oxidation sites excluding steroid dienone is 1. The maximum absolute atomic E-state index is 7.52. The molecule has 1 heterocycles. The zero-order valence-electron chi connectivity index (χ0n) is 17.1. The molecule has 0 saturated carbocycles. The molecule has 0 saturated heterocycles. The Morgan fingerprint density at radius 3 is 2.45 bits per heavy atom. The van der Waals surface area contributed by atoms with Crippen molar-refractivity contribution in [3.05, 3.63) is 84.4 Å². The van der Waals surface area contributed by atoms with Crippen LogP contribution in [0.2, 0.25) is 0 Å². The molecule has 0 fully saturated rings. The Morgan fingerprint density at radius 2 is 1.68 bits per heavy atom. The minimum atomic E-state index is 0.0608. The van der Waals surface area contributed by atoms with Crippen LogP contribution in [0.4, 0.5) is 0 Å². The standard InChI is InChI=1S/C25H24N2O4/c1-2-3-20-14-19(17-4-6-18(7-5-17)25(26)27)8-10-22(20)29-13-12-28-21-9-11-23-24(15-21)31-16-30-23/h2,4-11,14-15H,1,3,12-13,16H2,(H3,26,27). The second-order valence-corrected chi connectivity index (χ2v) is 7.02. The summed E-state index contributed by atoms with van der Waals surface area (Å²) in [5, 5.41) is 7.52. The number of amidine groups is 1. The normalized spacial score (nSPS) is 11.7. The lowest BCUT2D eigenvalue weighted by atomic mass is 9.99. The molecule has 0 amide bonds. The van der Waals surface area contributed by atoms with Gasteiger partial charge in [-0.1, -0.05) is 36.4 Å². The Morgan fingerprint density at radius 1 is 0.935 bits per heavy atom. The predicted octanol–water partition coefficient (Wildman–Crippen LogP) is 4.55. The summed E-state index contributed by atoms with van der Waals surface area (Å²) in [4.78, 5) is 0. The van der Waals surface area contributed by atoms with Crippen molar-refractivity contribution in [2.45, 2.75) is 6.42 Å². The fourth-order valence-electron chi connectivity index (χ4n) is 3.33. The zero-order chi connectivity index (χ0) is 21.6. The summed E-state index contributed by atoms with van der Waals surface area (Å²) in [6.07, 6.45) is 2.55. The monoisotopic (exact) mass is 416 g/mol. The number of hydrogen-bond donors (Lipinski definition) is 2. The Balaban J connectivity index is 1.39. The minimum absolute atomic E-state index is 0.0608. The summed E-state index contributed by atoms with van der Waals surface area (Å²) in [5.41, 5.74) is 9.41. The third-order valence-electron chi connectivity index (χ3n) is 4.91. The first-order chi connectivity index (χ1) is 15.1. The van der Waals surface area contributed by atoms with E-state index >= 15 is 0 Å². The Kier molecular flexibility index (Phi) is 6.08. The molecular weight excluding hydrogens is 392 g/mol. The van der Waals surface area contributed by atoms with E-state index in [1.807, 2.05) is 60.7 Å². The number of rotatable bonds is 9. The smallest absolute Gasteiger partial charge is 0.231 e. The van der Waals surface area contributed by atoms with Crippen LogP contribution in [0.1, 0.15) is 11.1 Å². The largest absolute Gasteiger partial charge is 0.490 e. The summed E-state index contributed by atoms with van der Waals surface area (Å²) < 4.78 is 22.4. The molecule has 6 nitrogen and oxygen atoms in total. The SMILES string of the molecule is C=CCc1cc(-c2ccc(C(=N)N)cc2)ccc1OCCOc1ccc2c(c1)OCO2. The summed E-state index contributed by atoms with van der Waals surface area (Å²) in [6, 6.07) is 19.2. The fourth-order valence-corrected chi connectivity index (χ4v) is 3.33. The van der Waals surface area contributed by atoms with Crippen molar-refractivity contribution in [1.82, 2.24) is 0 Å². The third kappa shape index (κ3) is 4.80. The number of ether oxygens (including phenoxy) is 4. The molecule has 0 bridgehead atoms. The molecule has 0 aromatic heterocycles. The van der Waals surface area contributed by atoms with Gasteiger partial charge in [-0.2, -0.15) is 0 Å². The van der Waals surface area contributed by atoms with Crippen molar-refractivity contribution in [3.8, 4) is 34.1 Å². The van der Waals surface area contributed by atoms with Gasteiger partial charge in [0.05, 0.1) is 0 Å². The molecule has 6 heteroatoms. The maximum atomic E-state index is 7.52. The van der Waals surface area contributed by atoms with Crippen molar-refractivity contribution in [2.24, 2.45) is 5.73 Å². The number of hydrogen-bond acceptors (Lipinski definition) is 5. The van der Waals surface area contributed by atoms with Gasteiger partial charge in [0.1, 0.15) is 30.5 Å². The van der Waals surface area contributed by atoms with Crippen LogP contribution in [0.25, 0.3) is 11.1 Å². The van der Waals surface area contributed by atoms with E-state index in [1.165, 1.54) is 0 Å². The fraction of sp³-hybridized carbons (Fsp3) is 0.160. The molecular formula is C25H24N2O4. The highest BCUT2D eigenvalue weighted by Crippen LogP contribution is 2.35. The van der Waals surface area contributed by atoms with Crippen LogP contribution in [-0.2, 0) is 6.42 Å². The summed E-state index contributed by atoms with van der Waals surface area (Å²) in [5.74, 6) is 3.00. The van der Waals surface area contributed by atoms with Crippen molar-refractivity contribution in [2.75, 3.05) is 20.0 Å². The number of fused-ring (bicyclic) bond motifs is 1. The molecule has 31 heavy (non-hydrogen) atoms. The predicted molar refractivity (Wildman–Crippen MR) is 120 cm³/mol. The van der Waals surface area contributed by atoms with Gasteiger partial charge in [0, 0.05) is 11.6 Å². The molecule has 1 aliphatic rings. The molecule has 3 aromatic rings. The lowest BCUT2D eigenvalue weighted by Gasteiger charge is -2.13. The highest BCUT2D eigenvalue weighted by molar-refractivity contribution is 5.95. The van der Waals surface area contributed by atoms with Gasteiger partial charge >= 0.3 is 0 Å². The van der Waals surface area contributed by atoms with Crippen LogP contribution in [0.3, 0.4) is 0 Å². The number of benzene rings is 3. The average molecular weight is 416 g/mol. The summed E-state index contributed by atoms with van der Waals surface area (Å²) in [7, 11) is 0. The van der Waals surface area contributed by atoms with Crippen molar-refractivity contribution in [1.29, 1.82) is 5.41 Å². The van der Waals surface area contributed by atoms with Gasteiger partial charge in [0.25, 0.3) is 0 Å². The lowest BCUT2D eigenvalue weighted by Crippen LogP contribution is -2.10. The topological polar surface area (TPSA) is 86.8 Å². The van der Waals surface area contributed by atoms with Crippen molar-refractivity contribution >= 4 is 5.84 Å². The minimum Gasteiger partial charge on any atom is -0.490 e. The van der Waals surface area contributed by atoms with Gasteiger partial charge < -0.3 is 24.7 Å². The van der Waals surface area contributed by atoms with Crippen LogP contribution in [-0.4, -0.2) is 25.8 Å². The van der Waals surface area contributed by atoms with E-state index < -0.39 is 0 Å². The van der Waals surface area contributed by atoms with Crippen LogP contribution in [0, 0.1) is 5.41 Å². The Labute approximate surface area is 181 Å². The van der Waals surface area contributed by atoms with E-state index in [0.717, 1.165) is 28.2 Å². The van der Waals surface area contributed by atoms with Crippen LogP contribution < -0.4 is 24.7 Å². The van der Waals surface area contributed by atoms with E-state index in [0.29, 0.717) is 36.7 Å². The maximum Gasteiger partial charge on any atom is 0.231 e. The summed E-state index contributed by atoms with van der Waals surface area (Å²) in [6.45, 7) is 4.91. The van der Waals surface area contributed by atoms with Crippen LogP contribution >= 0.6 is 0 Å². The molecule has 3 aromatic carbocycles. The number of nitrogens with one attached hydrogen (secondary N) is 1. The van der Waals surface area contributed by atoms with E-state index in [9.17, 15) is 0 Å².